The number of H-pyrrole nitrogens is 1. The van der Waals surface area contributed by atoms with Gasteiger partial charge >= 0.3 is 0 Å². The minimum Gasteiger partial charge on any atom is -0.493 e. The van der Waals surface area contributed by atoms with E-state index in [0.717, 1.165) is 17.5 Å². The molecule has 2 aromatic carbocycles. The van der Waals surface area contributed by atoms with Gasteiger partial charge in [0.25, 0.3) is 5.91 Å². The van der Waals surface area contributed by atoms with Crippen molar-refractivity contribution in [2.75, 3.05) is 13.7 Å². The van der Waals surface area contributed by atoms with Gasteiger partial charge in [0.15, 0.2) is 17.2 Å². The predicted octanol–water partition coefficient (Wildman–Crippen LogP) is 5.54. The molecule has 0 radical (unpaired) electrons. The number of azo groups is 1. The van der Waals surface area contributed by atoms with Crippen molar-refractivity contribution in [3.05, 3.63) is 47.5 Å². The smallest absolute Gasteiger partial charge is 0.295 e. The second-order valence-electron chi connectivity index (χ2n) is 7.22. The Labute approximate surface area is 169 Å². The topological polar surface area (TPSA) is 96.3 Å². The highest BCUT2D eigenvalue weighted by atomic mass is 16.5. The monoisotopic (exact) mass is 395 g/mol. The molecule has 0 spiro atoms. The Balaban J connectivity index is 1.80. The van der Waals surface area contributed by atoms with Crippen molar-refractivity contribution >= 4 is 22.5 Å². The van der Waals surface area contributed by atoms with Crippen LogP contribution in [0.3, 0.4) is 0 Å². The summed E-state index contributed by atoms with van der Waals surface area (Å²) < 4.78 is 11.1. The highest BCUT2D eigenvalue weighted by molar-refractivity contribution is 5.98. The first kappa shape index (κ1) is 20.4. The Morgan fingerprint density at radius 2 is 2.00 bits per heavy atom. The van der Waals surface area contributed by atoms with Gasteiger partial charge in [-0.1, -0.05) is 32.0 Å². The minimum atomic E-state index is -0.543. The molecule has 0 aliphatic carbocycles. The fraction of sp³-hybridized carbons (Fsp3) is 0.318. The number of ether oxygens (including phenoxy) is 2. The summed E-state index contributed by atoms with van der Waals surface area (Å²) in [5.74, 6) is 0.898. The van der Waals surface area contributed by atoms with Gasteiger partial charge in [-0.2, -0.15) is 0 Å². The Hall–Kier alpha value is -3.35. The average molecular weight is 395 g/mol. The van der Waals surface area contributed by atoms with Crippen molar-refractivity contribution in [2.24, 2.45) is 16.1 Å². The third-order valence-corrected chi connectivity index (χ3v) is 4.60. The Kier molecular flexibility index (Phi) is 6.16. The minimum absolute atomic E-state index is 0.127. The molecule has 0 unspecified atom stereocenters. The fourth-order valence-electron chi connectivity index (χ4n) is 2.92. The average Bonchev–Trinajstić information content (AvgIpc) is 3.02. The van der Waals surface area contributed by atoms with E-state index in [1.54, 1.807) is 18.2 Å². The van der Waals surface area contributed by atoms with E-state index in [0.29, 0.717) is 35.0 Å². The molecule has 0 aliphatic heterocycles. The molecule has 0 saturated carbocycles. The van der Waals surface area contributed by atoms with Gasteiger partial charge in [-0.05, 0) is 43.0 Å². The molecule has 29 heavy (non-hydrogen) atoms. The largest absolute Gasteiger partial charge is 0.493 e. The van der Waals surface area contributed by atoms with Crippen LogP contribution in [0.15, 0.2) is 46.6 Å². The molecule has 0 bridgehead atoms. The lowest BCUT2D eigenvalue weighted by molar-refractivity contribution is 0.0994. The molecule has 7 nitrogen and oxygen atoms in total. The lowest BCUT2D eigenvalue weighted by atomic mass is 10.1. The zero-order valence-corrected chi connectivity index (χ0v) is 17.0. The summed E-state index contributed by atoms with van der Waals surface area (Å²) in [7, 11) is 1.52. The third kappa shape index (κ3) is 4.56. The summed E-state index contributed by atoms with van der Waals surface area (Å²) in [6, 6.07) is 10.5. The molecule has 7 heteroatoms. The SMILES string of the molecule is COc1cc(C(=O)N=Nc2c(O)[nH]c3c(C)cccc23)ccc1OCCC(C)C. The van der Waals surface area contributed by atoms with Gasteiger partial charge in [-0.3, -0.25) is 4.79 Å². The number of amides is 1. The zero-order valence-electron chi connectivity index (χ0n) is 17.0. The van der Waals surface area contributed by atoms with E-state index in [4.69, 9.17) is 9.47 Å². The molecule has 0 saturated heterocycles. The third-order valence-electron chi connectivity index (χ3n) is 4.60. The molecule has 1 amide bonds. The summed E-state index contributed by atoms with van der Waals surface area (Å²) in [6.07, 6.45) is 0.922. The first-order chi connectivity index (χ1) is 13.9. The summed E-state index contributed by atoms with van der Waals surface area (Å²) >= 11 is 0. The summed E-state index contributed by atoms with van der Waals surface area (Å²) in [6.45, 7) is 6.74. The van der Waals surface area contributed by atoms with Gasteiger partial charge in [-0.15, -0.1) is 10.2 Å². The number of aryl methyl sites for hydroxylation is 1. The number of hydrogen-bond acceptors (Lipinski definition) is 5. The quantitative estimate of drug-likeness (QED) is 0.513. The van der Waals surface area contributed by atoms with E-state index < -0.39 is 5.91 Å². The van der Waals surface area contributed by atoms with Crippen LogP contribution in [-0.4, -0.2) is 29.7 Å². The highest BCUT2D eigenvalue weighted by Crippen LogP contribution is 2.37. The van der Waals surface area contributed by atoms with Crippen molar-refractivity contribution < 1.29 is 19.4 Å². The van der Waals surface area contributed by atoms with E-state index >= 15 is 0 Å². The molecule has 3 rings (SSSR count). The number of methoxy groups -OCH3 is 1. The van der Waals surface area contributed by atoms with Crippen LogP contribution >= 0.6 is 0 Å². The number of aromatic amines is 1. The number of carbonyl (C=O) groups excluding carboxylic acids is 1. The second kappa shape index (κ2) is 8.77. The molecule has 1 heterocycles. The lowest BCUT2D eigenvalue weighted by Gasteiger charge is -2.12. The second-order valence-corrected chi connectivity index (χ2v) is 7.22. The van der Waals surface area contributed by atoms with Crippen LogP contribution in [0.4, 0.5) is 5.69 Å². The Morgan fingerprint density at radius 3 is 2.72 bits per heavy atom. The molecule has 152 valence electrons. The van der Waals surface area contributed by atoms with Gasteiger partial charge in [0.1, 0.15) is 0 Å². The molecule has 3 aromatic rings. The van der Waals surface area contributed by atoms with E-state index in [1.807, 2.05) is 25.1 Å². The molecule has 2 N–H and O–H groups in total. The number of aromatic nitrogens is 1. The number of fused-ring (bicyclic) bond motifs is 1. The standard InChI is InChI=1S/C22H25N3O4/c1-13(2)10-11-29-17-9-8-15(12-18(17)28-4)21(26)25-24-20-16-7-5-6-14(3)19(16)23-22(20)27/h5-9,12-13,23,27H,10-11H2,1-4H3. The number of hydrogen-bond donors (Lipinski definition) is 2. The molecule has 0 fully saturated rings. The molecule has 0 aliphatic rings. The fourth-order valence-corrected chi connectivity index (χ4v) is 2.92. The van der Waals surface area contributed by atoms with Crippen LogP contribution < -0.4 is 9.47 Å². The van der Waals surface area contributed by atoms with Gasteiger partial charge in [-0.25, -0.2) is 0 Å². The normalized spacial score (nSPS) is 11.5. The van der Waals surface area contributed by atoms with Crippen LogP contribution in [0.2, 0.25) is 0 Å². The molecule has 1 aromatic heterocycles. The van der Waals surface area contributed by atoms with Crippen LogP contribution in [0.25, 0.3) is 10.9 Å². The Bertz CT molecular complexity index is 1050. The number of para-hydroxylation sites is 1. The van der Waals surface area contributed by atoms with Crippen LogP contribution in [0, 0.1) is 12.8 Å². The van der Waals surface area contributed by atoms with Crippen molar-refractivity contribution in [1.82, 2.24) is 4.98 Å². The number of carbonyl (C=O) groups is 1. The predicted molar refractivity (Wildman–Crippen MR) is 111 cm³/mol. The zero-order chi connectivity index (χ0) is 21.0. The first-order valence-electron chi connectivity index (χ1n) is 9.48. The molecular formula is C22H25N3O4. The number of aromatic hydroxyl groups is 1. The van der Waals surface area contributed by atoms with Gasteiger partial charge in [0, 0.05) is 10.9 Å². The van der Waals surface area contributed by atoms with E-state index in [-0.39, 0.29) is 11.6 Å². The van der Waals surface area contributed by atoms with Crippen molar-refractivity contribution in [1.29, 1.82) is 0 Å². The van der Waals surface area contributed by atoms with Gasteiger partial charge in [0.2, 0.25) is 5.88 Å². The summed E-state index contributed by atoms with van der Waals surface area (Å²) in [5, 5.41) is 18.6. The first-order valence-corrected chi connectivity index (χ1v) is 9.48. The van der Waals surface area contributed by atoms with Crippen molar-refractivity contribution in [3.8, 4) is 17.4 Å². The molecule has 0 atom stereocenters. The maximum absolute atomic E-state index is 12.5. The summed E-state index contributed by atoms with van der Waals surface area (Å²) in [5.41, 5.74) is 2.27. The van der Waals surface area contributed by atoms with Gasteiger partial charge in [0.05, 0.1) is 19.2 Å². The maximum Gasteiger partial charge on any atom is 0.295 e. The summed E-state index contributed by atoms with van der Waals surface area (Å²) in [4.78, 5) is 15.4. The van der Waals surface area contributed by atoms with E-state index in [2.05, 4.69) is 29.1 Å². The van der Waals surface area contributed by atoms with Crippen LogP contribution in [0.1, 0.15) is 36.2 Å². The van der Waals surface area contributed by atoms with Gasteiger partial charge < -0.3 is 19.6 Å². The maximum atomic E-state index is 12.5. The van der Waals surface area contributed by atoms with Crippen molar-refractivity contribution in [3.63, 3.8) is 0 Å². The lowest BCUT2D eigenvalue weighted by Crippen LogP contribution is -2.03. The van der Waals surface area contributed by atoms with E-state index in [1.165, 1.54) is 7.11 Å². The Morgan fingerprint density at radius 1 is 1.21 bits per heavy atom. The molecular weight excluding hydrogens is 370 g/mol. The van der Waals surface area contributed by atoms with Crippen molar-refractivity contribution in [2.45, 2.75) is 27.2 Å². The number of nitrogens with zero attached hydrogens (tertiary/aromatic N) is 2. The number of nitrogens with one attached hydrogen (secondary N) is 1. The van der Waals surface area contributed by atoms with Crippen LogP contribution in [-0.2, 0) is 0 Å². The van der Waals surface area contributed by atoms with E-state index in [9.17, 15) is 9.90 Å². The number of rotatable bonds is 7. The van der Waals surface area contributed by atoms with Crippen LogP contribution in [0.5, 0.6) is 17.4 Å². The number of benzene rings is 2. The highest BCUT2D eigenvalue weighted by Gasteiger charge is 2.14.